The molecule has 3 rings (SSSR count). The van der Waals surface area contributed by atoms with Gasteiger partial charge in [-0.15, -0.1) is 0 Å². The van der Waals surface area contributed by atoms with Gasteiger partial charge in [-0.2, -0.15) is 0 Å². The van der Waals surface area contributed by atoms with E-state index in [4.69, 9.17) is 23.2 Å². The smallest absolute Gasteiger partial charge is 0.259 e. The third kappa shape index (κ3) is 5.03. The van der Waals surface area contributed by atoms with Crippen LogP contribution < -0.4 is 5.32 Å². The number of nitrogens with one attached hydrogen (secondary N) is 1. The Morgan fingerprint density at radius 3 is 2.70 bits per heavy atom. The number of anilines is 1. The van der Waals surface area contributed by atoms with E-state index in [0.717, 1.165) is 12.2 Å². The molecule has 1 aliphatic heterocycles. The zero-order valence-corrected chi connectivity index (χ0v) is 16.9. The molecule has 27 heavy (non-hydrogen) atoms. The molecule has 0 spiro atoms. The minimum Gasteiger partial charge on any atom is -0.326 e. The summed E-state index contributed by atoms with van der Waals surface area (Å²) in [6, 6.07) is 12.0. The topological polar surface area (TPSA) is 61.8 Å². The lowest BCUT2D eigenvalue weighted by atomic mass is 10.1. The number of nitrogens with zero attached hydrogens (tertiary/aromatic N) is 2. The summed E-state index contributed by atoms with van der Waals surface area (Å²) in [7, 11) is 0. The van der Waals surface area contributed by atoms with Crippen molar-refractivity contribution in [3.05, 3.63) is 58.1 Å². The van der Waals surface area contributed by atoms with Crippen molar-refractivity contribution in [3.63, 3.8) is 0 Å². The summed E-state index contributed by atoms with van der Waals surface area (Å²) in [5.41, 5.74) is 1.71. The summed E-state index contributed by atoms with van der Waals surface area (Å²) in [5.74, 6) is 0.541. The summed E-state index contributed by atoms with van der Waals surface area (Å²) in [4.78, 5) is 30.5. The fourth-order valence-electron chi connectivity index (χ4n) is 2.59. The molecule has 8 heteroatoms. The van der Waals surface area contributed by atoms with Gasteiger partial charge in [0.15, 0.2) is 5.17 Å². The largest absolute Gasteiger partial charge is 0.326 e. The van der Waals surface area contributed by atoms with Gasteiger partial charge in [0, 0.05) is 30.5 Å². The Hall–Kier alpha value is -2.02. The maximum absolute atomic E-state index is 13.0. The van der Waals surface area contributed by atoms with Crippen LogP contribution in [0.2, 0.25) is 10.0 Å². The van der Waals surface area contributed by atoms with E-state index in [0.29, 0.717) is 38.7 Å². The highest BCUT2D eigenvalue weighted by molar-refractivity contribution is 8.13. The highest BCUT2D eigenvalue weighted by Crippen LogP contribution is 2.29. The van der Waals surface area contributed by atoms with Gasteiger partial charge in [-0.25, -0.2) is 4.99 Å². The van der Waals surface area contributed by atoms with E-state index in [-0.39, 0.29) is 11.8 Å². The molecule has 0 aliphatic carbocycles. The van der Waals surface area contributed by atoms with Crippen molar-refractivity contribution in [2.75, 3.05) is 17.6 Å². The van der Waals surface area contributed by atoms with Crippen LogP contribution in [0.3, 0.4) is 0 Å². The van der Waals surface area contributed by atoms with Gasteiger partial charge in [0.25, 0.3) is 5.91 Å². The van der Waals surface area contributed by atoms with Crippen LogP contribution in [0.1, 0.15) is 23.7 Å². The lowest BCUT2D eigenvalue weighted by molar-refractivity contribution is -0.114. The van der Waals surface area contributed by atoms with E-state index in [1.807, 2.05) is 0 Å². The highest BCUT2D eigenvalue weighted by Gasteiger charge is 2.25. The minimum absolute atomic E-state index is 0.159. The molecule has 2 amide bonds. The first-order valence-electron chi connectivity index (χ1n) is 8.30. The summed E-state index contributed by atoms with van der Waals surface area (Å²) >= 11 is 13.5. The molecule has 1 saturated heterocycles. The summed E-state index contributed by atoms with van der Waals surface area (Å²) < 4.78 is 0. The third-order valence-electron chi connectivity index (χ3n) is 3.79. The number of thioether (sulfide) groups is 1. The number of amides is 2. The standard InChI is InChI=1S/C19H17Cl2N3O2S/c1-12(25)22-14-5-2-4-13(10-14)18(26)24-8-3-9-27-19(24)23-15-6-7-16(20)17(21)11-15/h2,4-7,10-11H,3,8-9H2,1H3,(H,22,25). The first kappa shape index (κ1) is 19.7. The number of rotatable bonds is 3. The van der Waals surface area contributed by atoms with Gasteiger partial charge in [-0.1, -0.05) is 41.0 Å². The molecule has 140 valence electrons. The number of hydrogen-bond donors (Lipinski definition) is 1. The van der Waals surface area contributed by atoms with Crippen LogP contribution in [-0.4, -0.2) is 34.2 Å². The molecule has 1 heterocycles. The summed E-state index contributed by atoms with van der Waals surface area (Å²) in [6.45, 7) is 2.01. The third-order valence-corrected chi connectivity index (χ3v) is 5.59. The molecule has 2 aromatic rings. The Kier molecular flexibility index (Phi) is 6.42. The molecule has 0 radical (unpaired) electrons. The normalized spacial score (nSPS) is 15.7. The lowest BCUT2D eigenvalue weighted by Gasteiger charge is -2.28. The number of benzene rings is 2. The predicted octanol–water partition coefficient (Wildman–Crippen LogP) is 5.22. The van der Waals surface area contributed by atoms with Crippen molar-refractivity contribution in [1.82, 2.24) is 4.90 Å². The summed E-state index contributed by atoms with van der Waals surface area (Å²) in [5, 5.41) is 4.19. The van der Waals surface area contributed by atoms with Gasteiger partial charge < -0.3 is 5.32 Å². The molecule has 1 N–H and O–H groups in total. The molecule has 0 unspecified atom stereocenters. The van der Waals surface area contributed by atoms with E-state index in [2.05, 4.69) is 10.3 Å². The van der Waals surface area contributed by atoms with Gasteiger partial charge in [-0.3, -0.25) is 14.5 Å². The Labute approximate surface area is 171 Å². The number of carbonyl (C=O) groups is 2. The fourth-order valence-corrected chi connectivity index (χ4v) is 3.84. The van der Waals surface area contributed by atoms with E-state index < -0.39 is 0 Å². The number of hydrogen-bond acceptors (Lipinski definition) is 4. The second kappa shape index (κ2) is 8.78. The molecule has 5 nitrogen and oxygen atoms in total. The van der Waals surface area contributed by atoms with Gasteiger partial charge in [0.1, 0.15) is 0 Å². The molecule has 0 aromatic heterocycles. The Morgan fingerprint density at radius 2 is 1.96 bits per heavy atom. The van der Waals surface area contributed by atoms with E-state index in [1.165, 1.54) is 18.7 Å². The van der Waals surface area contributed by atoms with Gasteiger partial charge in [-0.05, 0) is 42.8 Å². The molecular formula is C19H17Cl2N3O2S. The molecule has 0 saturated carbocycles. The zero-order chi connectivity index (χ0) is 19.4. The Balaban J connectivity index is 1.88. The van der Waals surface area contributed by atoms with Crippen LogP contribution in [0.15, 0.2) is 47.5 Å². The number of halogens is 2. The van der Waals surface area contributed by atoms with Crippen LogP contribution in [0.25, 0.3) is 0 Å². The maximum Gasteiger partial charge on any atom is 0.259 e. The van der Waals surface area contributed by atoms with Crippen LogP contribution in [0.5, 0.6) is 0 Å². The van der Waals surface area contributed by atoms with Gasteiger partial charge in [0.2, 0.25) is 5.91 Å². The molecular weight excluding hydrogens is 405 g/mol. The van der Waals surface area contributed by atoms with Crippen LogP contribution in [0.4, 0.5) is 11.4 Å². The molecule has 2 aromatic carbocycles. The maximum atomic E-state index is 13.0. The molecule has 1 aliphatic rings. The van der Waals surface area contributed by atoms with Crippen molar-refractivity contribution < 1.29 is 9.59 Å². The fraction of sp³-hybridized carbons (Fsp3) is 0.211. The predicted molar refractivity (Wildman–Crippen MR) is 112 cm³/mol. The number of aliphatic imine (C=N–C) groups is 1. The molecule has 0 bridgehead atoms. The van der Waals surface area contributed by atoms with Crippen molar-refractivity contribution in [3.8, 4) is 0 Å². The van der Waals surface area contributed by atoms with Gasteiger partial charge >= 0.3 is 0 Å². The first-order valence-corrected chi connectivity index (χ1v) is 10.0. The number of amidine groups is 1. The van der Waals surface area contributed by atoms with Crippen molar-refractivity contribution in [2.45, 2.75) is 13.3 Å². The zero-order valence-electron chi connectivity index (χ0n) is 14.5. The SMILES string of the molecule is CC(=O)Nc1cccc(C(=O)N2CCCSC2=Nc2ccc(Cl)c(Cl)c2)c1. The Bertz CT molecular complexity index is 918. The minimum atomic E-state index is -0.185. The van der Waals surface area contributed by atoms with Gasteiger partial charge in [0.05, 0.1) is 15.7 Å². The average molecular weight is 422 g/mol. The summed E-state index contributed by atoms with van der Waals surface area (Å²) in [6.07, 6.45) is 0.877. The highest BCUT2D eigenvalue weighted by atomic mass is 35.5. The van der Waals surface area contributed by atoms with Crippen molar-refractivity contribution in [2.24, 2.45) is 4.99 Å². The van der Waals surface area contributed by atoms with Crippen molar-refractivity contribution in [1.29, 1.82) is 0 Å². The molecule has 1 fully saturated rings. The number of carbonyl (C=O) groups excluding carboxylic acids is 2. The second-order valence-electron chi connectivity index (χ2n) is 5.91. The second-order valence-corrected chi connectivity index (χ2v) is 7.79. The first-order chi connectivity index (χ1) is 12.9. The quantitative estimate of drug-likeness (QED) is 0.738. The van der Waals surface area contributed by atoms with E-state index in [9.17, 15) is 9.59 Å². The van der Waals surface area contributed by atoms with E-state index >= 15 is 0 Å². The van der Waals surface area contributed by atoms with Crippen LogP contribution in [-0.2, 0) is 4.79 Å². The van der Waals surface area contributed by atoms with Crippen LogP contribution >= 0.6 is 35.0 Å². The lowest BCUT2D eigenvalue weighted by Crippen LogP contribution is -2.39. The average Bonchev–Trinajstić information content (AvgIpc) is 2.64. The van der Waals surface area contributed by atoms with Crippen LogP contribution in [0, 0.1) is 0 Å². The molecule has 0 atom stereocenters. The monoisotopic (exact) mass is 421 g/mol. The Morgan fingerprint density at radius 1 is 1.15 bits per heavy atom. The van der Waals surface area contributed by atoms with Crippen molar-refractivity contribution >= 4 is 63.3 Å². The van der Waals surface area contributed by atoms with E-state index in [1.54, 1.807) is 47.4 Å².